The van der Waals surface area contributed by atoms with Gasteiger partial charge in [-0.25, -0.2) is 8.42 Å². The van der Waals surface area contributed by atoms with E-state index in [1.54, 1.807) is 11.3 Å². The number of aryl methyl sites for hydroxylation is 1. The summed E-state index contributed by atoms with van der Waals surface area (Å²) < 4.78 is 28.0. The first-order valence-electron chi connectivity index (χ1n) is 8.21. The van der Waals surface area contributed by atoms with Gasteiger partial charge in [0.15, 0.2) is 0 Å². The second-order valence-electron chi connectivity index (χ2n) is 6.20. The minimum absolute atomic E-state index is 0.0113. The molecule has 1 unspecified atom stereocenters. The Labute approximate surface area is 151 Å². The number of benzene rings is 1. The molecule has 1 saturated heterocycles. The summed E-state index contributed by atoms with van der Waals surface area (Å²) in [4.78, 5) is 11.5. The number of rotatable bonds is 4. The van der Waals surface area contributed by atoms with Gasteiger partial charge in [-0.2, -0.15) is 4.31 Å². The van der Waals surface area contributed by atoms with Crippen molar-refractivity contribution in [3.05, 3.63) is 56.3 Å². The van der Waals surface area contributed by atoms with Crippen LogP contribution in [0.25, 0.3) is 0 Å². The fourth-order valence-electron chi connectivity index (χ4n) is 3.25. The average Bonchev–Trinajstić information content (AvgIpc) is 2.86. The summed E-state index contributed by atoms with van der Waals surface area (Å²) in [5.74, 6) is 0. The Kier molecular flexibility index (Phi) is 5.21. The molecule has 0 radical (unpaired) electrons. The van der Waals surface area contributed by atoms with Crippen LogP contribution in [0.5, 0.6) is 0 Å². The summed E-state index contributed by atoms with van der Waals surface area (Å²) in [5.41, 5.74) is 0.885. The number of nitro groups is 1. The average molecular weight is 380 g/mol. The van der Waals surface area contributed by atoms with Crippen molar-refractivity contribution >= 4 is 27.0 Å². The maximum absolute atomic E-state index is 13.2. The monoisotopic (exact) mass is 380 g/mol. The number of hydrogen-bond donors (Lipinski definition) is 0. The third kappa shape index (κ3) is 3.61. The second kappa shape index (κ2) is 7.23. The Morgan fingerprint density at radius 1 is 1.24 bits per heavy atom. The Morgan fingerprint density at radius 3 is 2.72 bits per heavy atom. The van der Waals surface area contributed by atoms with Crippen molar-refractivity contribution in [2.75, 3.05) is 6.54 Å². The Balaban J connectivity index is 2.05. The zero-order valence-electron chi connectivity index (χ0n) is 13.9. The van der Waals surface area contributed by atoms with Gasteiger partial charge in [0, 0.05) is 23.6 Å². The highest BCUT2D eigenvalue weighted by atomic mass is 32.2. The van der Waals surface area contributed by atoms with Gasteiger partial charge in [-0.1, -0.05) is 18.9 Å². The van der Waals surface area contributed by atoms with Crippen molar-refractivity contribution < 1.29 is 13.3 Å². The number of hydrogen-bond acceptors (Lipinski definition) is 5. The third-order valence-electron chi connectivity index (χ3n) is 4.54. The lowest BCUT2D eigenvalue weighted by Gasteiger charge is -2.29. The van der Waals surface area contributed by atoms with E-state index in [1.165, 1.54) is 22.5 Å². The zero-order chi connectivity index (χ0) is 18.0. The lowest BCUT2D eigenvalue weighted by molar-refractivity contribution is -0.385. The van der Waals surface area contributed by atoms with Crippen LogP contribution in [0.2, 0.25) is 0 Å². The molecule has 0 N–H and O–H groups in total. The molecular formula is C17H20N2O4S2. The van der Waals surface area contributed by atoms with Gasteiger partial charge in [0.25, 0.3) is 5.69 Å². The second-order valence-corrected chi connectivity index (χ2v) is 9.04. The van der Waals surface area contributed by atoms with Crippen LogP contribution in [-0.4, -0.2) is 24.2 Å². The number of nitrogens with zero attached hydrogens (tertiary/aromatic N) is 2. The van der Waals surface area contributed by atoms with Crippen LogP contribution in [0.1, 0.15) is 42.2 Å². The molecule has 1 aliphatic rings. The molecule has 0 saturated carbocycles. The first-order chi connectivity index (χ1) is 11.9. The highest BCUT2D eigenvalue weighted by Crippen LogP contribution is 2.38. The molecule has 3 rings (SSSR count). The first-order valence-corrected chi connectivity index (χ1v) is 10.5. The Morgan fingerprint density at radius 2 is 2.04 bits per heavy atom. The van der Waals surface area contributed by atoms with Gasteiger partial charge < -0.3 is 0 Å². The lowest BCUT2D eigenvalue weighted by atomic mass is 10.1. The smallest absolute Gasteiger partial charge is 0.258 e. The van der Waals surface area contributed by atoms with Crippen molar-refractivity contribution in [3.8, 4) is 0 Å². The van der Waals surface area contributed by atoms with E-state index in [2.05, 4.69) is 0 Å². The third-order valence-corrected chi connectivity index (χ3v) is 7.57. The van der Waals surface area contributed by atoms with Gasteiger partial charge in [-0.15, -0.1) is 11.3 Å². The topological polar surface area (TPSA) is 80.5 Å². The summed E-state index contributed by atoms with van der Waals surface area (Å²) >= 11 is 1.57. The van der Waals surface area contributed by atoms with Crippen LogP contribution in [0.4, 0.5) is 5.69 Å². The highest BCUT2D eigenvalue weighted by Gasteiger charge is 2.35. The number of sulfonamides is 1. The largest absolute Gasteiger partial charge is 0.270 e. The van der Waals surface area contributed by atoms with Crippen LogP contribution in [0.3, 0.4) is 0 Å². The SMILES string of the molecule is Cc1ccsc1C1CCCCCN1S(=O)(=O)c1cccc([N+](=O)[O-])c1. The minimum atomic E-state index is -3.80. The van der Waals surface area contributed by atoms with E-state index in [9.17, 15) is 18.5 Å². The summed E-state index contributed by atoms with van der Waals surface area (Å²) in [6, 6.07) is 7.12. The molecule has 0 bridgehead atoms. The Hall–Kier alpha value is -1.77. The molecule has 134 valence electrons. The van der Waals surface area contributed by atoms with Crippen LogP contribution < -0.4 is 0 Å². The molecule has 25 heavy (non-hydrogen) atoms. The molecule has 8 heteroatoms. The normalized spacial score (nSPS) is 19.5. The molecule has 1 aromatic heterocycles. The maximum Gasteiger partial charge on any atom is 0.270 e. The van der Waals surface area contributed by atoms with Gasteiger partial charge in [0.1, 0.15) is 0 Å². The molecule has 0 aliphatic carbocycles. The van der Waals surface area contributed by atoms with E-state index in [-0.39, 0.29) is 16.6 Å². The standard InChI is InChI=1S/C17H20N2O4S2/c1-13-9-11-24-17(13)16-8-3-2-4-10-18(16)25(22,23)15-7-5-6-14(12-15)19(20)21/h5-7,9,11-12,16H,2-4,8,10H2,1H3. The van der Waals surface area contributed by atoms with Crippen molar-refractivity contribution in [1.29, 1.82) is 0 Å². The van der Waals surface area contributed by atoms with Crippen molar-refractivity contribution in [1.82, 2.24) is 4.31 Å². The molecule has 2 aromatic rings. The first kappa shape index (κ1) is 18.0. The number of nitro benzene ring substituents is 1. The number of non-ortho nitro benzene ring substituents is 1. The Bertz CT molecular complexity index is 876. The van der Waals surface area contributed by atoms with E-state index in [0.29, 0.717) is 6.54 Å². The van der Waals surface area contributed by atoms with E-state index in [4.69, 9.17) is 0 Å². The van der Waals surface area contributed by atoms with E-state index in [1.807, 2.05) is 18.4 Å². The molecular weight excluding hydrogens is 360 g/mol. The van der Waals surface area contributed by atoms with Crippen molar-refractivity contribution in [2.45, 2.75) is 43.5 Å². The molecule has 0 spiro atoms. The van der Waals surface area contributed by atoms with Crippen LogP contribution >= 0.6 is 11.3 Å². The van der Waals surface area contributed by atoms with Crippen LogP contribution in [0, 0.1) is 17.0 Å². The molecule has 0 amide bonds. The molecule has 1 aromatic carbocycles. The van der Waals surface area contributed by atoms with Crippen LogP contribution in [-0.2, 0) is 10.0 Å². The molecule has 1 atom stereocenters. The minimum Gasteiger partial charge on any atom is -0.258 e. The van der Waals surface area contributed by atoms with Gasteiger partial charge in [0.2, 0.25) is 10.0 Å². The quantitative estimate of drug-likeness (QED) is 0.586. The lowest BCUT2D eigenvalue weighted by Crippen LogP contribution is -2.34. The zero-order valence-corrected chi connectivity index (χ0v) is 15.6. The van der Waals surface area contributed by atoms with Crippen LogP contribution in [0.15, 0.2) is 40.6 Å². The van der Waals surface area contributed by atoms with E-state index in [0.717, 1.165) is 42.2 Å². The van der Waals surface area contributed by atoms with Gasteiger partial charge in [-0.05, 0) is 42.8 Å². The van der Waals surface area contributed by atoms with Crippen molar-refractivity contribution in [3.63, 3.8) is 0 Å². The molecule has 6 nitrogen and oxygen atoms in total. The highest BCUT2D eigenvalue weighted by molar-refractivity contribution is 7.89. The summed E-state index contributed by atoms with van der Waals surface area (Å²) in [5, 5.41) is 13.0. The van der Waals surface area contributed by atoms with Gasteiger partial charge in [0.05, 0.1) is 15.9 Å². The summed E-state index contributed by atoms with van der Waals surface area (Å²) in [7, 11) is -3.80. The predicted octanol–water partition coefficient (Wildman–Crippen LogP) is 4.27. The van der Waals surface area contributed by atoms with E-state index < -0.39 is 14.9 Å². The fourth-order valence-corrected chi connectivity index (χ4v) is 6.10. The van der Waals surface area contributed by atoms with Crippen molar-refractivity contribution in [2.24, 2.45) is 0 Å². The molecule has 1 fully saturated rings. The van der Waals surface area contributed by atoms with E-state index >= 15 is 0 Å². The molecule has 1 aliphatic heterocycles. The summed E-state index contributed by atoms with van der Waals surface area (Å²) in [6.07, 6.45) is 3.54. The molecule has 2 heterocycles. The fraction of sp³-hybridized carbons (Fsp3) is 0.412. The summed E-state index contributed by atoms with van der Waals surface area (Å²) in [6.45, 7) is 2.43. The van der Waals surface area contributed by atoms with Gasteiger partial charge >= 0.3 is 0 Å². The van der Waals surface area contributed by atoms with Gasteiger partial charge in [-0.3, -0.25) is 10.1 Å². The maximum atomic E-state index is 13.2. The number of thiophene rings is 1. The predicted molar refractivity (Wildman–Crippen MR) is 97.3 cm³/mol.